The number of hydrogen-bond acceptors (Lipinski definition) is 4. The predicted octanol–water partition coefficient (Wildman–Crippen LogP) is 3.07. The number of sulfonamides is 1. The summed E-state index contributed by atoms with van der Waals surface area (Å²) in [7, 11) is -0.682. The molecule has 1 N–H and O–H groups in total. The van der Waals surface area contributed by atoms with Crippen molar-refractivity contribution >= 4 is 15.7 Å². The number of hydrogen-bond donors (Lipinski definition) is 1. The molecule has 5 nitrogen and oxygen atoms in total. The highest BCUT2D eigenvalue weighted by atomic mass is 32.2. The SMILES string of the molecule is CCc1ccc(S(=O)(=O)Nc2cc(OC)ccc2OC)cc1. The smallest absolute Gasteiger partial charge is 0.262 e. The van der Waals surface area contributed by atoms with Gasteiger partial charge in [0.15, 0.2) is 0 Å². The van der Waals surface area contributed by atoms with Crippen molar-refractivity contribution in [2.45, 2.75) is 18.2 Å². The minimum Gasteiger partial charge on any atom is -0.497 e. The number of rotatable bonds is 6. The van der Waals surface area contributed by atoms with E-state index in [1.165, 1.54) is 14.2 Å². The first-order valence-electron chi connectivity index (χ1n) is 6.84. The van der Waals surface area contributed by atoms with E-state index in [1.807, 2.05) is 6.92 Å². The molecule has 0 unspecified atom stereocenters. The number of ether oxygens (including phenoxy) is 2. The molecule has 0 atom stereocenters. The summed E-state index contributed by atoms with van der Waals surface area (Å²) in [5.74, 6) is 0.967. The van der Waals surface area contributed by atoms with E-state index in [4.69, 9.17) is 9.47 Å². The molecule has 22 heavy (non-hydrogen) atoms. The maximum atomic E-state index is 12.5. The Hall–Kier alpha value is -2.21. The lowest BCUT2D eigenvalue weighted by Gasteiger charge is -2.13. The molecular formula is C16H19NO4S. The van der Waals surface area contributed by atoms with Crippen molar-refractivity contribution < 1.29 is 17.9 Å². The molecule has 0 heterocycles. The minimum absolute atomic E-state index is 0.203. The molecule has 0 spiro atoms. The summed E-state index contributed by atoms with van der Waals surface area (Å²) in [6, 6.07) is 11.7. The van der Waals surface area contributed by atoms with E-state index in [-0.39, 0.29) is 4.90 Å². The van der Waals surface area contributed by atoms with Crippen molar-refractivity contribution in [2.24, 2.45) is 0 Å². The molecule has 0 aliphatic heterocycles. The van der Waals surface area contributed by atoms with Crippen LogP contribution in [-0.4, -0.2) is 22.6 Å². The number of anilines is 1. The Labute approximate surface area is 130 Å². The van der Waals surface area contributed by atoms with Crippen LogP contribution >= 0.6 is 0 Å². The second kappa shape index (κ2) is 6.70. The maximum absolute atomic E-state index is 12.5. The molecule has 0 saturated carbocycles. The van der Waals surface area contributed by atoms with Crippen LogP contribution in [0.2, 0.25) is 0 Å². The van der Waals surface area contributed by atoms with E-state index < -0.39 is 10.0 Å². The predicted molar refractivity (Wildman–Crippen MR) is 86.2 cm³/mol. The van der Waals surface area contributed by atoms with Crippen LogP contribution in [0.1, 0.15) is 12.5 Å². The minimum atomic E-state index is -3.68. The van der Waals surface area contributed by atoms with Gasteiger partial charge in [0.05, 0.1) is 24.8 Å². The van der Waals surface area contributed by atoms with E-state index in [1.54, 1.807) is 42.5 Å². The molecule has 2 aromatic rings. The quantitative estimate of drug-likeness (QED) is 0.888. The fourth-order valence-electron chi connectivity index (χ4n) is 2.00. The third kappa shape index (κ3) is 3.51. The second-order valence-corrected chi connectivity index (χ2v) is 6.35. The molecule has 0 radical (unpaired) electrons. The molecule has 2 aromatic carbocycles. The highest BCUT2D eigenvalue weighted by Gasteiger charge is 2.17. The van der Waals surface area contributed by atoms with Crippen molar-refractivity contribution in [1.82, 2.24) is 0 Å². The summed E-state index contributed by atoms with van der Waals surface area (Å²) in [6.45, 7) is 2.02. The van der Waals surface area contributed by atoms with Gasteiger partial charge in [-0.1, -0.05) is 19.1 Å². The fraction of sp³-hybridized carbons (Fsp3) is 0.250. The molecule has 0 aromatic heterocycles. The van der Waals surface area contributed by atoms with Crippen molar-refractivity contribution in [3.05, 3.63) is 48.0 Å². The van der Waals surface area contributed by atoms with Crippen LogP contribution in [0, 0.1) is 0 Å². The average molecular weight is 321 g/mol. The van der Waals surface area contributed by atoms with E-state index in [2.05, 4.69) is 4.72 Å². The Kier molecular flexibility index (Phi) is 4.92. The Bertz CT molecular complexity index is 739. The van der Waals surface area contributed by atoms with Crippen LogP contribution < -0.4 is 14.2 Å². The van der Waals surface area contributed by atoms with Gasteiger partial charge in [-0.2, -0.15) is 0 Å². The molecule has 0 aliphatic rings. The molecule has 6 heteroatoms. The molecular weight excluding hydrogens is 302 g/mol. The van der Waals surface area contributed by atoms with Crippen molar-refractivity contribution in [3.8, 4) is 11.5 Å². The van der Waals surface area contributed by atoms with Crippen LogP contribution in [0.5, 0.6) is 11.5 Å². The van der Waals surface area contributed by atoms with Crippen LogP contribution in [0.3, 0.4) is 0 Å². The summed E-state index contributed by atoms with van der Waals surface area (Å²) >= 11 is 0. The zero-order valence-electron chi connectivity index (χ0n) is 12.8. The van der Waals surface area contributed by atoms with E-state index in [0.29, 0.717) is 17.2 Å². The van der Waals surface area contributed by atoms with Gasteiger partial charge in [0.2, 0.25) is 0 Å². The third-order valence-corrected chi connectivity index (χ3v) is 4.67. The Morgan fingerprint density at radius 2 is 1.68 bits per heavy atom. The lowest BCUT2D eigenvalue weighted by atomic mass is 10.2. The lowest BCUT2D eigenvalue weighted by Crippen LogP contribution is -2.13. The highest BCUT2D eigenvalue weighted by Crippen LogP contribution is 2.30. The first-order valence-corrected chi connectivity index (χ1v) is 8.32. The molecule has 0 saturated heterocycles. The topological polar surface area (TPSA) is 64.6 Å². The van der Waals surface area contributed by atoms with Gasteiger partial charge < -0.3 is 9.47 Å². The lowest BCUT2D eigenvalue weighted by molar-refractivity contribution is 0.405. The van der Waals surface area contributed by atoms with Gasteiger partial charge in [0, 0.05) is 6.07 Å². The van der Waals surface area contributed by atoms with Crippen LogP contribution in [0.4, 0.5) is 5.69 Å². The molecule has 0 aliphatic carbocycles. The number of aryl methyl sites for hydroxylation is 1. The third-order valence-electron chi connectivity index (χ3n) is 3.29. The summed E-state index contributed by atoms with van der Waals surface area (Å²) in [5, 5.41) is 0. The van der Waals surface area contributed by atoms with Crippen molar-refractivity contribution in [2.75, 3.05) is 18.9 Å². The van der Waals surface area contributed by atoms with E-state index in [9.17, 15) is 8.42 Å². The first kappa shape index (κ1) is 16.2. The fourth-order valence-corrected chi connectivity index (χ4v) is 3.06. The standard InChI is InChI=1S/C16H19NO4S/c1-4-12-5-8-14(9-6-12)22(18,19)17-15-11-13(20-2)7-10-16(15)21-3/h5-11,17H,4H2,1-3H3. The summed E-state index contributed by atoms with van der Waals surface area (Å²) in [6.07, 6.45) is 0.859. The van der Waals surface area contributed by atoms with E-state index >= 15 is 0 Å². The molecule has 118 valence electrons. The zero-order valence-corrected chi connectivity index (χ0v) is 13.6. The monoisotopic (exact) mass is 321 g/mol. The van der Waals surface area contributed by atoms with Gasteiger partial charge in [-0.3, -0.25) is 4.72 Å². The molecule has 0 amide bonds. The number of nitrogens with one attached hydrogen (secondary N) is 1. The normalized spacial score (nSPS) is 11.0. The van der Waals surface area contributed by atoms with Crippen molar-refractivity contribution in [3.63, 3.8) is 0 Å². The Morgan fingerprint density at radius 3 is 2.23 bits per heavy atom. The van der Waals surface area contributed by atoms with Gasteiger partial charge in [-0.05, 0) is 36.2 Å². The van der Waals surface area contributed by atoms with Gasteiger partial charge >= 0.3 is 0 Å². The largest absolute Gasteiger partial charge is 0.497 e. The Morgan fingerprint density at radius 1 is 1.00 bits per heavy atom. The molecule has 2 rings (SSSR count). The second-order valence-electron chi connectivity index (χ2n) is 4.67. The molecule has 0 bridgehead atoms. The van der Waals surface area contributed by atoms with Crippen LogP contribution in [-0.2, 0) is 16.4 Å². The van der Waals surface area contributed by atoms with Gasteiger partial charge in [0.25, 0.3) is 10.0 Å². The summed E-state index contributed by atoms with van der Waals surface area (Å²) in [5.41, 5.74) is 1.42. The Balaban J connectivity index is 2.35. The van der Waals surface area contributed by atoms with Gasteiger partial charge in [0.1, 0.15) is 11.5 Å². The van der Waals surface area contributed by atoms with Gasteiger partial charge in [-0.15, -0.1) is 0 Å². The average Bonchev–Trinajstić information content (AvgIpc) is 2.54. The van der Waals surface area contributed by atoms with Crippen molar-refractivity contribution in [1.29, 1.82) is 0 Å². The summed E-state index contributed by atoms with van der Waals surface area (Å²) < 4.78 is 37.8. The zero-order chi connectivity index (χ0) is 16.2. The van der Waals surface area contributed by atoms with Gasteiger partial charge in [-0.25, -0.2) is 8.42 Å². The maximum Gasteiger partial charge on any atom is 0.262 e. The summed E-state index contributed by atoms with van der Waals surface area (Å²) in [4.78, 5) is 0.203. The van der Waals surface area contributed by atoms with E-state index in [0.717, 1.165) is 12.0 Å². The number of benzene rings is 2. The highest BCUT2D eigenvalue weighted by molar-refractivity contribution is 7.92. The first-order chi connectivity index (χ1) is 10.5. The van der Waals surface area contributed by atoms with Crippen LogP contribution in [0.25, 0.3) is 0 Å². The number of methoxy groups -OCH3 is 2. The van der Waals surface area contributed by atoms with Crippen LogP contribution in [0.15, 0.2) is 47.4 Å². The molecule has 0 fully saturated rings.